The van der Waals surface area contributed by atoms with Gasteiger partial charge in [-0.2, -0.15) is 4.31 Å². The Morgan fingerprint density at radius 1 is 1.33 bits per heavy atom. The molecule has 1 aromatic carbocycles. The van der Waals surface area contributed by atoms with Gasteiger partial charge in [0.05, 0.1) is 9.47 Å². The van der Waals surface area contributed by atoms with E-state index in [0.29, 0.717) is 23.7 Å². The van der Waals surface area contributed by atoms with Crippen LogP contribution in [0.1, 0.15) is 12.5 Å². The van der Waals surface area contributed by atoms with Gasteiger partial charge in [0, 0.05) is 20.1 Å². The fraction of sp³-hybridized carbons (Fsp3) is 0.286. The van der Waals surface area contributed by atoms with Gasteiger partial charge in [-0.3, -0.25) is 0 Å². The number of hydrogen-bond acceptors (Lipinski definition) is 4. The minimum Gasteiger partial charge on any atom is -0.384 e. The molecule has 0 aliphatic heterocycles. The third-order valence-corrected chi connectivity index (χ3v) is 6.38. The van der Waals surface area contributed by atoms with Crippen LogP contribution in [0, 0.1) is 0 Å². The molecule has 7 heteroatoms. The van der Waals surface area contributed by atoms with Gasteiger partial charge in [0.25, 0.3) is 0 Å². The summed E-state index contributed by atoms with van der Waals surface area (Å²) in [6.45, 7) is 2.97. The van der Waals surface area contributed by atoms with Crippen molar-refractivity contribution < 1.29 is 8.42 Å². The SMILES string of the molecule is CCNc1ccccc1S(=O)(=O)N(C)Cc1csc(Br)c1. The van der Waals surface area contributed by atoms with E-state index in [2.05, 4.69) is 21.2 Å². The molecule has 1 heterocycles. The molecule has 4 nitrogen and oxygen atoms in total. The van der Waals surface area contributed by atoms with Crippen molar-refractivity contribution >= 4 is 43.0 Å². The van der Waals surface area contributed by atoms with E-state index in [-0.39, 0.29) is 0 Å². The molecular formula is C14H17BrN2O2S2. The summed E-state index contributed by atoms with van der Waals surface area (Å²) in [5, 5.41) is 5.04. The summed E-state index contributed by atoms with van der Waals surface area (Å²) < 4.78 is 27.8. The van der Waals surface area contributed by atoms with Crippen LogP contribution in [-0.2, 0) is 16.6 Å². The molecule has 0 aliphatic rings. The minimum atomic E-state index is -3.52. The molecule has 0 spiro atoms. The second-order valence-corrected chi connectivity index (χ2v) is 8.85. The van der Waals surface area contributed by atoms with E-state index in [4.69, 9.17) is 0 Å². The number of thiophene rings is 1. The molecule has 0 radical (unpaired) electrons. The largest absolute Gasteiger partial charge is 0.384 e. The van der Waals surface area contributed by atoms with Gasteiger partial charge < -0.3 is 5.32 Å². The van der Waals surface area contributed by atoms with Crippen molar-refractivity contribution in [2.24, 2.45) is 0 Å². The summed E-state index contributed by atoms with van der Waals surface area (Å²) in [5.41, 5.74) is 1.61. The highest BCUT2D eigenvalue weighted by Crippen LogP contribution is 2.26. The molecule has 2 rings (SSSR count). The monoisotopic (exact) mass is 388 g/mol. The number of hydrogen-bond donors (Lipinski definition) is 1. The highest BCUT2D eigenvalue weighted by atomic mass is 79.9. The van der Waals surface area contributed by atoms with Gasteiger partial charge in [0.1, 0.15) is 4.90 Å². The summed E-state index contributed by atoms with van der Waals surface area (Å²) in [6.07, 6.45) is 0. The number of nitrogens with zero attached hydrogens (tertiary/aromatic N) is 1. The maximum Gasteiger partial charge on any atom is 0.245 e. The van der Waals surface area contributed by atoms with E-state index in [0.717, 1.165) is 9.35 Å². The standard InChI is InChI=1S/C14H17BrN2O2S2/c1-3-16-12-6-4-5-7-13(12)21(18,19)17(2)9-11-8-14(15)20-10-11/h4-8,10,16H,3,9H2,1-2H3. The molecular weight excluding hydrogens is 372 g/mol. The molecule has 114 valence electrons. The van der Waals surface area contributed by atoms with Gasteiger partial charge in [-0.15, -0.1) is 11.3 Å². The Bertz CT molecular complexity index is 713. The van der Waals surface area contributed by atoms with Crippen LogP contribution in [0.15, 0.2) is 44.4 Å². The van der Waals surface area contributed by atoms with Gasteiger partial charge in [-0.1, -0.05) is 12.1 Å². The number of nitrogens with one attached hydrogen (secondary N) is 1. The van der Waals surface area contributed by atoms with Crippen LogP contribution < -0.4 is 5.32 Å². The third kappa shape index (κ3) is 3.85. The molecule has 0 atom stereocenters. The van der Waals surface area contributed by atoms with Crippen LogP contribution in [0.5, 0.6) is 0 Å². The Kier molecular flexibility index (Phi) is 5.43. The molecule has 0 unspecified atom stereocenters. The van der Waals surface area contributed by atoms with E-state index < -0.39 is 10.0 Å². The highest BCUT2D eigenvalue weighted by molar-refractivity contribution is 9.11. The zero-order valence-corrected chi connectivity index (χ0v) is 15.1. The average molecular weight is 389 g/mol. The minimum absolute atomic E-state index is 0.309. The number of rotatable bonds is 6. The van der Waals surface area contributed by atoms with Crippen LogP contribution in [0.2, 0.25) is 0 Å². The second-order valence-electron chi connectivity index (χ2n) is 4.55. The van der Waals surface area contributed by atoms with Crippen LogP contribution in [0.4, 0.5) is 5.69 Å². The predicted molar refractivity (Wildman–Crippen MR) is 91.3 cm³/mol. The van der Waals surface area contributed by atoms with E-state index >= 15 is 0 Å². The summed E-state index contributed by atoms with van der Waals surface area (Å²) in [7, 11) is -1.92. The van der Waals surface area contributed by atoms with Crippen molar-refractivity contribution in [3.05, 3.63) is 45.1 Å². The number of para-hydroxylation sites is 1. The zero-order chi connectivity index (χ0) is 15.5. The molecule has 0 fully saturated rings. The fourth-order valence-corrected chi connectivity index (χ4v) is 4.49. The van der Waals surface area contributed by atoms with Crippen LogP contribution >= 0.6 is 27.3 Å². The Labute approximate surface area is 138 Å². The van der Waals surface area contributed by atoms with Gasteiger partial charge in [-0.05, 0) is 52.0 Å². The van der Waals surface area contributed by atoms with Gasteiger partial charge in [0.2, 0.25) is 10.0 Å². The Morgan fingerprint density at radius 3 is 2.67 bits per heavy atom. The fourth-order valence-electron chi connectivity index (χ4n) is 1.97. The van der Waals surface area contributed by atoms with Crippen LogP contribution in [0.25, 0.3) is 0 Å². The lowest BCUT2D eigenvalue weighted by molar-refractivity contribution is 0.467. The molecule has 1 N–H and O–H groups in total. The van der Waals surface area contributed by atoms with Crippen molar-refractivity contribution in [3.8, 4) is 0 Å². The van der Waals surface area contributed by atoms with Crippen molar-refractivity contribution in [1.82, 2.24) is 4.31 Å². The molecule has 0 saturated heterocycles. The van der Waals surface area contributed by atoms with Crippen molar-refractivity contribution in [2.75, 3.05) is 18.9 Å². The molecule has 0 saturated carbocycles. The topological polar surface area (TPSA) is 49.4 Å². The van der Waals surface area contributed by atoms with E-state index in [1.54, 1.807) is 36.6 Å². The zero-order valence-electron chi connectivity index (χ0n) is 11.8. The number of benzene rings is 1. The van der Waals surface area contributed by atoms with Crippen molar-refractivity contribution in [3.63, 3.8) is 0 Å². The molecule has 0 amide bonds. The lowest BCUT2D eigenvalue weighted by Crippen LogP contribution is -2.27. The van der Waals surface area contributed by atoms with Crippen LogP contribution in [-0.4, -0.2) is 26.3 Å². The quantitative estimate of drug-likeness (QED) is 0.819. The predicted octanol–water partition coefficient (Wildman–Crippen LogP) is 3.76. The Balaban J connectivity index is 2.28. The number of halogens is 1. The van der Waals surface area contributed by atoms with E-state index in [9.17, 15) is 8.42 Å². The molecule has 2 aromatic rings. The number of anilines is 1. The highest BCUT2D eigenvalue weighted by Gasteiger charge is 2.23. The Hall–Kier alpha value is -0.890. The van der Waals surface area contributed by atoms with Gasteiger partial charge in [-0.25, -0.2) is 8.42 Å². The van der Waals surface area contributed by atoms with E-state index in [1.807, 2.05) is 24.4 Å². The first-order valence-electron chi connectivity index (χ1n) is 6.47. The maximum absolute atomic E-state index is 12.7. The second kappa shape index (κ2) is 6.91. The average Bonchev–Trinajstić information content (AvgIpc) is 2.85. The van der Waals surface area contributed by atoms with Crippen molar-refractivity contribution in [2.45, 2.75) is 18.4 Å². The van der Waals surface area contributed by atoms with Gasteiger partial charge >= 0.3 is 0 Å². The molecule has 21 heavy (non-hydrogen) atoms. The smallest absolute Gasteiger partial charge is 0.245 e. The van der Waals surface area contributed by atoms with Crippen molar-refractivity contribution in [1.29, 1.82) is 0 Å². The summed E-state index contributed by atoms with van der Waals surface area (Å²) in [5.74, 6) is 0. The lowest BCUT2D eigenvalue weighted by Gasteiger charge is -2.19. The van der Waals surface area contributed by atoms with Crippen LogP contribution in [0.3, 0.4) is 0 Å². The Morgan fingerprint density at radius 2 is 2.05 bits per heavy atom. The first kappa shape index (κ1) is 16.5. The first-order valence-corrected chi connectivity index (χ1v) is 9.58. The van der Waals surface area contributed by atoms with Gasteiger partial charge in [0.15, 0.2) is 0 Å². The molecule has 1 aromatic heterocycles. The molecule has 0 aliphatic carbocycles. The first-order chi connectivity index (χ1) is 9.95. The van der Waals surface area contributed by atoms with E-state index in [1.165, 1.54) is 4.31 Å². The normalized spacial score (nSPS) is 11.8. The summed E-state index contributed by atoms with van der Waals surface area (Å²) >= 11 is 4.94. The third-order valence-electron chi connectivity index (χ3n) is 2.97. The maximum atomic E-state index is 12.7. The summed E-state index contributed by atoms with van der Waals surface area (Å²) in [4.78, 5) is 0.309. The molecule has 0 bridgehead atoms. The number of sulfonamides is 1. The lowest BCUT2D eigenvalue weighted by atomic mass is 10.3. The summed E-state index contributed by atoms with van der Waals surface area (Å²) in [6, 6.07) is 8.92.